The van der Waals surface area contributed by atoms with Gasteiger partial charge in [-0.3, -0.25) is 0 Å². The van der Waals surface area contributed by atoms with Crippen molar-refractivity contribution < 1.29 is 9.85 Å². The number of nitro groups is 2. The maximum atomic E-state index is 11.2. The number of nitro benzene ring substituents is 2. The normalized spacial score (nSPS) is 10.6. The van der Waals surface area contributed by atoms with Gasteiger partial charge in [-0.05, 0) is 0 Å². The molecule has 132 valence electrons. The molecule has 0 aliphatic heterocycles. The second-order valence-electron chi connectivity index (χ2n) is 5.20. The van der Waals surface area contributed by atoms with Gasteiger partial charge in [-0.1, -0.05) is 0 Å². The molecule has 0 aliphatic carbocycles. The van der Waals surface area contributed by atoms with E-state index in [9.17, 15) is 20.2 Å². The van der Waals surface area contributed by atoms with E-state index in [1.165, 1.54) is 16.9 Å². The molecule has 11 heteroatoms. The molecular formula is C15H12N6O4Se. The van der Waals surface area contributed by atoms with Crippen LogP contribution in [-0.2, 0) is 11.9 Å². The molecule has 0 spiro atoms. The molecule has 0 radical (unpaired) electrons. The Kier molecular flexibility index (Phi) is 5.30. The van der Waals surface area contributed by atoms with E-state index in [0.717, 1.165) is 11.6 Å². The van der Waals surface area contributed by atoms with Gasteiger partial charge in [0.25, 0.3) is 0 Å². The Bertz CT molecular complexity index is 946. The zero-order valence-corrected chi connectivity index (χ0v) is 15.0. The molecule has 3 aromatic rings. The number of hydrogen-bond donors (Lipinski definition) is 0. The summed E-state index contributed by atoms with van der Waals surface area (Å²) in [7, 11) is 0. The van der Waals surface area contributed by atoms with Crippen molar-refractivity contribution in [2.45, 2.75) is 11.9 Å². The van der Waals surface area contributed by atoms with Gasteiger partial charge in [0.15, 0.2) is 0 Å². The van der Waals surface area contributed by atoms with Crippen LogP contribution in [0.4, 0.5) is 11.4 Å². The quantitative estimate of drug-likeness (QED) is 0.318. The molecule has 0 unspecified atom stereocenters. The van der Waals surface area contributed by atoms with Gasteiger partial charge in [-0.25, -0.2) is 0 Å². The summed E-state index contributed by atoms with van der Waals surface area (Å²) in [6.45, 7) is 0.488. The van der Waals surface area contributed by atoms with Crippen LogP contribution in [0.2, 0.25) is 0 Å². The van der Waals surface area contributed by atoms with Gasteiger partial charge in [-0.15, -0.1) is 0 Å². The van der Waals surface area contributed by atoms with Crippen LogP contribution in [0, 0.1) is 20.2 Å². The maximum absolute atomic E-state index is 11.2. The minimum absolute atomic E-state index is 0.266. The third-order valence-corrected chi connectivity index (χ3v) is 5.27. The van der Waals surface area contributed by atoms with Crippen LogP contribution >= 0.6 is 0 Å². The number of nitrogens with zero attached hydrogens (tertiary/aromatic N) is 6. The summed E-state index contributed by atoms with van der Waals surface area (Å²) >= 11 is -0.282. The van der Waals surface area contributed by atoms with E-state index in [0.29, 0.717) is 22.2 Å². The van der Waals surface area contributed by atoms with Crippen LogP contribution in [0.1, 0.15) is 11.1 Å². The van der Waals surface area contributed by atoms with Gasteiger partial charge in [0.2, 0.25) is 0 Å². The summed E-state index contributed by atoms with van der Waals surface area (Å²) in [5.41, 5.74) is 0.882. The zero-order chi connectivity index (χ0) is 18.5. The number of tetrazole rings is 1. The molecule has 1 heterocycles. The third kappa shape index (κ3) is 4.26. The Labute approximate surface area is 153 Å². The Morgan fingerprint density at radius 1 is 1.04 bits per heavy atom. The molecule has 26 heavy (non-hydrogen) atoms. The first-order valence-electron chi connectivity index (χ1n) is 7.39. The van der Waals surface area contributed by atoms with Crippen LogP contribution in [0.25, 0.3) is 0 Å². The first-order valence-corrected chi connectivity index (χ1v) is 9.46. The van der Waals surface area contributed by atoms with Crippen molar-refractivity contribution in [1.29, 1.82) is 0 Å². The second-order valence-corrected chi connectivity index (χ2v) is 7.18. The van der Waals surface area contributed by atoms with Crippen LogP contribution in [0.15, 0.2) is 48.5 Å². The predicted octanol–water partition coefficient (Wildman–Crippen LogP) is 1.07. The molecule has 0 N–H and O–H groups in total. The van der Waals surface area contributed by atoms with Gasteiger partial charge in [0, 0.05) is 0 Å². The molecular weight excluding hydrogens is 407 g/mol. The molecule has 1 aromatic heterocycles. The molecule has 0 bridgehead atoms. The minimum atomic E-state index is -0.654. The number of hydrogen-bond acceptors (Lipinski definition) is 7. The van der Waals surface area contributed by atoms with E-state index in [-0.39, 0.29) is 26.3 Å². The fourth-order valence-corrected chi connectivity index (χ4v) is 3.83. The van der Waals surface area contributed by atoms with Gasteiger partial charge in [0.1, 0.15) is 0 Å². The van der Waals surface area contributed by atoms with Crippen LogP contribution in [0.3, 0.4) is 0 Å². The summed E-state index contributed by atoms with van der Waals surface area (Å²) in [6.07, 6.45) is 0. The number of aromatic nitrogens is 4. The van der Waals surface area contributed by atoms with E-state index < -0.39 is 9.85 Å². The van der Waals surface area contributed by atoms with Crippen molar-refractivity contribution >= 4 is 31.1 Å². The van der Waals surface area contributed by atoms with E-state index in [2.05, 4.69) is 15.4 Å². The monoisotopic (exact) mass is 420 g/mol. The molecule has 0 saturated heterocycles. The van der Waals surface area contributed by atoms with Gasteiger partial charge >= 0.3 is 153 Å². The van der Waals surface area contributed by atoms with Crippen molar-refractivity contribution in [2.24, 2.45) is 0 Å². The summed E-state index contributed by atoms with van der Waals surface area (Å²) in [5.74, 6) is 0. The summed E-state index contributed by atoms with van der Waals surface area (Å²) < 4.78 is 0.515. The Hall–Kier alpha value is -3.17. The fourth-order valence-electron chi connectivity index (χ4n) is 2.20. The Morgan fingerprint density at radius 2 is 1.81 bits per heavy atom. The Morgan fingerprint density at radius 3 is 2.50 bits per heavy atom. The molecule has 0 amide bonds. The molecule has 0 aliphatic rings. The van der Waals surface area contributed by atoms with Crippen molar-refractivity contribution in [1.82, 2.24) is 20.2 Å². The van der Waals surface area contributed by atoms with Crippen LogP contribution in [0.5, 0.6) is 0 Å². The van der Waals surface area contributed by atoms with Gasteiger partial charge < -0.3 is 0 Å². The summed E-state index contributed by atoms with van der Waals surface area (Å²) in [4.78, 5) is 22.1. The average Bonchev–Trinajstić information content (AvgIpc) is 3.08. The second kappa shape index (κ2) is 7.81. The molecule has 0 saturated carbocycles. The Balaban J connectivity index is 1.69. The van der Waals surface area contributed by atoms with Crippen molar-refractivity contribution in [3.63, 3.8) is 0 Å². The fraction of sp³-hybridized carbons (Fsp3) is 0.133. The van der Waals surface area contributed by atoms with Gasteiger partial charge in [-0.2, -0.15) is 0 Å². The predicted molar refractivity (Wildman–Crippen MR) is 92.2 cm³/mol. The number of rotatable bonds is 7. The SMILES string of the molecule is O=[N+]([O-])c1ccc(C[Se]c2nnn(Cc3ccccc3)n2)c([N+](=O)[O-])c1. The average molecular weight is 419 g/mol. The molecule has 2 aromatic carbocycles. The van der Waals surface area contributed by atoms with Crippen LogP contribution < -0.4 is 4.72 Å². The van der Waals surface area contributed by atoms with E-state index in [1.807, 2.05) is 30.3 Å². The van der Waals surface area contributed by atoms with E-state index in [1.54, 1.807) is 0 Å². The zero-order valence-electron chi connectivity index (χ0n) is 13.3. The molecule has 0 fully saturated rings. The van der Waals surface area contributed by atoms with Crippen molar-refractivity contribution in [3.8, 4) is 0 Å². The van der Waals surface area contributed by atoms with Crippen molar-refractivity contribution in [2.75, 3.05) is 0 Å². The molecule has 0 atom stereocenters. The number of benzene rings is 2. The van der Waals surface area contributed by atoms with Crippen molar-refractivity contribution in [3.05, 3.63) is 79.9 Å². The molecule has 10 nitrogen and oxygen atoms in total. The standard InChI is InChI=1S/C15H12N6O4Se/c22-20(23)13-7-6-12(14(8-13)21(24)25)10-26-15-16-18-19(17-15)9-11-4-2-1-3-5-11/h1-8H,9-10H2. The van der Waals surface area contributed by atoms with Crippen LogP contribution in [-0.4, -0.2) is 45.0 Å². The summed E-state index contributed by atoms with van der Waals surface area (Å²) in [5, 5.41) is 34.5. The topological polar surface area (TPSA) is 130 Å². The first kappa shape index (κ1) is 17.6. The van der Waals surface area contributed by atoms with Gasteiger partial charge in [0.05, 0.1) is 0 Å². The third-order valence-electron chi connectivity index (χ3n) is 3.43. The van der Waals surface area contributed by atoms with E-state index in [4.69, 9.17) is 0 Å². The first-order chi connectivity index (χ1) is 12.5. The number of non-ortho nitro benzene ring substituents is 1. The van der Waals surface area contributed by atoms with E-state index >= 15 is 0 Å². The summed E-state index contributed by atoms with van der Waals surface area (Å²) in [6, 6.07) is 13.3. The molecule has 3 rings (SSSR count).